The number of amides is 2. The highest BCUT2D eigenvalue weighted by atomic mass is 16.6. The second-order valence-corrected chi connectivity index (χ2v) is 10.2. The minimum absolute atomic E-state index is 0.0439. The van der Waals surface area contributed by atoms with Gasteiger partial charge in [-0.1, -0.05) is 73.0 Å². The van der Waals surface area contributed by atoms with Gasteiger partial charge in [0.05, 0.1) is 5.92 Å². The molecule has 3 rings (SSSR count). The minimum atomic E-state index is -1.57. The molecule has 2 aromatic carbocycles. The van der Waals surface area contributed by atoms with Crippen LogP contribution in [0.1, 0.15) is 68.7 Å². The molecule has 0 aliphatic carbocycles. The number of hydrogen-bond donors (Lipinski definition) is 1. The van der Waals surface area contributed by atoms with E-state index in [1.807, 2.05) is 13.0 Å². The number of ether oxygens (including phenoxy) is 2. The fourth-order valence-electron chi connectivity index (χ4n) is 4.77. The van der Waals surface area contributed by atoms with E-state index in [9.17, 15) is 24.0 Å². The molecule has 0 spiro atoms. The molecular formula is C32H37NO8. The quantitative estimate of drug-likeness (QED) is 0.198. The maximum atomic E-state index is 13.6. The summed E-state index contributed by atoms with van der Waals surface area (Å²) in [5.41, 5.74) is 2.25. The van der Waals surface area contributed by atoms with Crippen LogP contribution in [0, 0.1) is 12.8 Å². The van der Waals surface area contributed by atoms with Crippen LogP contribution in [0.3, 0.4) is 0 Å². The standard InChI is InChI=1S/C32H37NO8/c1-21-12-11-15-25(18-21)26(28(36)16-9-4-5-10-17-34)19-29(37)30(41-23(3)35)22(2)31(38)33-27(20-40-32(33)39)24-13-7-6-8-14-24/h6-8,11-15,18-19,22,27,30,34H,4-5,9-10,16-17,20H2,1-3H3/t22-,27+,30-/m1/s1. The van der Waals surface area contributed by atoms with Gasteiger partial charge < -0.3 is 14.6 Å². The van der Waals surface area contributed by atoms with Gasteiger partial charge in [0.15, 0.2) is 17.7 Å². The van der Waals surface area contributed by atoms with Crippen molar-refractivity contribution in [1.29, 1.82) is 0 Å². The second kappa shape index (κ2) is 15.0. The number of aliphatic hydroxyl groups excluding tert-OH is 1. The van der Waals surface area contributed by atoms with Crippen LogP contribution in [0.4, 0.5) is 4.79 Å². The molecule has 1 saturated heterocycles. The number of rotatable bonds is 14. The first-order chi connectivity index (χ1) is 19.6. The Labute approximate surface area is 240 Å². The lowest BCUT2D eigenvalue weighted by Crippen LogP contribution is -2.45. The molecule has 0 bridgehead atoms. The first-order valence-corrected chi connectivity index (χ1v) is 13.8. The summed E-state index contributed by atoms with van der Waals surface area (Å²) in [7, 11) is 0. The van der Waals surface area contributed by atoms with Crippen molar-refractivity contribution in [3.8, 4) is 0 Å². The molecule has 1 N–H and O–H groups in total. The van der Waals surface area contributed by atoms with Crippen molar-refractivity contribution in [2.45, 2.75) is 65.0 Å². The molecule has 0 aromatic heterocycles. The molecule has 0 saturated carbocycles. The van der Waals surface area contributed by atoms with Gasteiger partial charge in [0.2, 0.25) is 5.91 Å². The van der Waals surface area contributed by atoms with Gasteiger partial charge >= 0.3 is 12.1 Å². The number of hydrogen-bond acceptors (Lipinski definition) is 8. The Morgan fingerprint density at radius 1 is 1.05 bits per heavy atom. The highest BCUT2D eigenvalue weighted by Crippen LogP contribution is 2.31. The number of imide groups is 1. The van der Waals surface area contributed by atoms with Gasteiger partial charge in [-0.3, -0.25) is 19.2 Å². The fourth-order valence-corrected chi connectivity index (χ4v) is 4.77. The van der Waals surface area contributed by atoms with Crippen LogP contribution in [0.25, 0.3) is 5.57 Å². The van der Waals surface area contributed by atoms with Gasteiger partial charge in [-0.2, -0.15) is 0 Å². The predicted molar refractivity (Wildman–Crippen MR) is 151 cm³/mol. The number of cyclic esters (lactones) is 1. The van der Waals surface area contributed by atoms with Gasteiger partial charge in [0.1, 0.15) is 12.6 Å². The molecule has 9 heteroatoms. The smallest absolute Gasteiger partial charge is 0.417 e. The predicted octanol–water partition coefficient (Wildman–Crippen LogP) is 4.75. The van der Waals surface area contributed by atoms with E-state index >= 15 is 0 Å². The van der Waals surface area contributed by atoms with Crippen molar-refractivity contribution in [3.05, 3.63) is 77.4 Å². The lowest BCUT2D eigenvalue weighted by molar-refractivity contribution is -0.158. The molecule has 1 fully saturated rings. The van der Waals surface area contributed by atoms with Gasteiger partial charge in [-0.25, -0.2) is 9.69 Å². The van der Waals surface area contributed by atoms with E-state index < -0.39 is 41.8 Å². The topological polar surface area (TPSA) is 127 Å². The van der Waals surface area contributed by atoms with E-state index in [4.69, 9.17) is 14.6 Å². The average molecular weight is 564 g/mol. The number of carbonyl (C=O) groups excluding carboxylic acids is 5. The van der Waals surface area contributed by atoms with Crippen molar-refractivity contribution < 1.29 is 38.6 Å². The molecule has 2 amide bonds. The summed E-state index contributed by atoms with van der Waals surface area (Å²) < 4.78 is 10.5. The summed E-state index contributed by atoms with van der Waals surface area (Å²) in [6.07, 6.45) is 1.66. The third kappa shape index (κ3) is 8.44. The SMILES string of the molecule is CC(=O)O[C@@H](C(=O)C=C(C(=O)CCCCCCO)c1cccc(C)c1)[C@@H](C)C(=O)N1C(=O)OC[C@H]1c1ccccc1. The molecule has 1 aliphatic rings. The highest BCUT2D eigenvalue weighted by molar-refractivity contribution is 6.25. The van der Waals surface area contributed by atoms with E-state index in [1.165, 1.54) is 6.92 Å². The fraction of sp³-hybridized carbons (Fsp3) is 0.406. The summed E-state index contributed by atoms with van der Waals surface area (Å²) in [4.78, 5) is 66.1. The normalized spacial score (nSPS) is 16.6. The van der Waals surface area contributed by atoms with Crippen LogP contribution in [0.2, 0.25) is 0 Å². The molecule has 1 heterocycles. The number of aryl methyl sites for hydroxylation is 1. The lowest BCUT2D eigenvalue weighted by Gasteiger charge is -2.27. The van der Waals surface area contributed by atoms with Crippen molar-refractivity contribution >= 4 is 35.1 Å². The zero-order valence-corrected chi connectivity index (χ0v) is 23.7. The van der Waals surface area contributed by atoms with Crippen LogP contribution >= 0.6 is 0 Å². The van der Waals surface area contributed by atoms with E-state index in [1.54, 1.807) is 48.5 Å². The number of carbonyl (C=O) groups is 5. The summed E-state index contributed by atoms with van der Waals surface area (Å²) in [5.74, 6) is -3.77. The first-order valence-electron chi connectivity index (χ1n) is 13.8. The molecule has 0 unspecified atom stereocenters. The zero-order valence-electron chi connectivity index (χ0n) is 23.7. The Hall–Kier alpha value is -4.11. The monoisotopic (exact) mass is 563 g/mol. The molecular weight excluding hydrogens is 526 g/mol. The summed E-state index contributed by atoms with van der Waals surface area (Å²) >= 11 is 0. The number of ketones is 2. The van der Waals surface area contributed by atoms with E-state index in [0.717, 1.165) is 36.3 Å². The van der Waals surface area contributed by atoms with Gasteiger partial charge in [0.25, 0.3) is 0 Å². The number of aliphatic hydroxyl groups is 1. The lowest BCUT2D eigenvalue weighted by atomic mass is 9.92. The number of allylic oxidation sites excluding steroid dienone is 1. The maximum absolute atomic E-state index is 13.6. The van der Waals surface area contributed by atoms with E-state index in [-0.39, 0.29) is 31.0 Å². The number of unbranched alkanes of at least 4 members (excludes halogenated alkanes) is 3. The van der Waals surface area contributed by atoms with Crippen LogP contribution in [-0.2, 0) is 28.7 Å². The van der Waals surface area contributed by atoms with E-state index in [2.05, 4.69) is 0 Å². The molecule has 2 aromatic rings. The van der Waals surface area contributed by atoms with Gasteiger partial charge in [-0.05, 0) is 43.9 Å². The van der Waals surface area contributed by atoms with Crippen molar-refractivity contribution in [3.63, 3.8) is 0 Å². The minimum Gasteiger partial charge on any atom is -0.453 e. The van der Waals surface area contributed by atoms with Gasteiger partial charge in [0, 0.05) is 25.5 Å². The second-order valence-electron chi connectivity index (χ2n) is 10.2. The van der Waals surface area contributed by atoms with E-state index in [0.29, 0.717) is 24.0 Å². The number of benzene rings is 2. The molecule has 218 valence electrons. The molecule has 1 aliphatic heterocycles. The molecule has 0 radical (unpaired) electrons. The Morgan fingerprint density at radius 2 is 1.76 bits per heavy atom. The van der Waals surface area contributed by atoms with Crippen LogP contribution < -0.4 is 0 Å². The third-order valence-electron chi connectivity index (χ3n) is 6.94. The molecule has 9 nitrogen and oxygen atoms in total. The Bertz CT molecular complexity index is 1290. The van der Waals surface area contributed by atoms with Crippen molar-refractivity contribution in [2.24, 2.45) is 5.92 Å². The Kier molecular flexibility index (Phi) is 11.5. The van der Waals surface area contributed by atoms with Crippen LogP contribution in [0.5, 0.6) is 0 Å². The third-order valence-corrected chi connectivity index (χ3v) is 6.94. The van der Waals surface area contributed by atoms with Gasteiger partial charge in [-0.15, -0.1) is 0 Å². The number of nitrogens with zero attached hydrogens (tertiary/aromatic N) is 1. The summed E-state index contributed by atoms with van der Waals surface area (Å²) in [5, 5.41) is 8.99. The number of Topliss-reactive ketones (excluding diaryl/α,β-unsaturated/α-hetero) is 1. The molecule has 41 heavy (non-hydrogen) atoms. The Morgan fingerprint density at radius 3 is 2.41 bits per heavy atom. The van der Waals surface area contributed by atoms with Crippen molar-refractivity contribution in [2.75, 3.05) is 13.2 Å². The highest BCUT2D eigenvalue weighted by Gasteiger charge is 2.44. The maximum Gasteiger partial charge on any atom is 0.417 e. The van der Waals surface area contributed by atoms with Crippen molar-refractivity contribution in [1.82, 2.24) is 4.90 Å². The summed E-state index contributed by atoms with van der Waals surface area (Å²) in [6, 6.07) is 15.3. The summed E-state index contributed by atoms with van der Waals surface area (Å²) in [6.45, 7) is 4.44. The Balaban J connectivity index is 1.91. The zero-order chi connectivity index (χ0) is 29.9. The first kappa shape index (κ1) is 31.4. The largest absolute Gasteiger partial charge is 0.453 e. The average Bonchev–Trinajstić information content (AvgIpc) is 3.35. The number of esters is 1. The molecule has 3 atom stereocenters. The van der Waals surface area contributed by atoms with Crippen LogP contribution in [-0.4, -0.2) is 58.9 Å². The van der Waals surface area contributed by atoms with Crippen LogP contribution in [0.15, 0.2) is 60.7 Å².